The van der Waals surface area contributed by atoms with Gasteiger partial charge in [0.2, 0.25) is 0 Å². The van der Waals surface area contributed by atoms with Crippen LogP contribution in [0.25, 0.3) is 5.82 Å². The number of aryl methyl sites for hydroxylation is 1. The first-order chi connectivity index (χ1) is 21.4. The van der Waals surface area contributed by atoms with Gasteiger partial charge in [-0.1, -0.05) is 45.5 Å². The summed E-state index contributed by atoms with van der Waals surface area (Å²) >= 11 is 0. The van der Waals surface area contributed by atoms with Gasteiger partial charge in [0.05, 0.1) is 0 Å². The van der Waals surface area contributed by atoms with Crippen molar-refractivity contribution in [3.8, 4) is 0 Å². The number of piperazine rings is 1. The van der Waals surface area contributed by atoms with Gasteiger partial charge in [0.15, 0.2) is 11.5 Å². The standard InChI is InChI=1S/C34H45N9O2/c1-9-36-30(19-24(3)39-42-17-15-41(8)16-18-42)43-31(22-29(40-43)33(45)35-7)38-28-21-27(14-13-23(28)2)37-32(44)25-11-10-12-26(20-25)34(4,5)6/h9-14,19-22,38-39H,3,15-18H2,1-2,4-8H3,(H,35,45)(H,37,44)/b30-19+,36-9-. The molecule has 0 saturated carbocycles. The van der Waals surface area contributed by atoms with Crippen LogP contribution in [0.2, 0.25) is 0 Å². The highest BCUT2D eigenvalue weighted by molar-refractivity contribution is 6.04. The van der Waals surface area contributed by atoms with Crippen LogP contribution in [0.3, 0.4) is 0 Å². The van der Waals surface area contributed by atoms with Crippen LogP contribution in [0.5, 0.6) is 0 Å². The van der Waals surface area contributed by atoms with Crippen LogP contribution in [0.15, 0.2) is 71.9 Å². The maximum absolute atomic E-state index is 13.2. The molecule has 0 atom stereocenters. The number of amides is 2. The van der Waals surface area contributed by atoms with E-state index in [9.17, 15) is 9.59 Å². The van der Waals surface area contributed by atoms with E-state index in [1.165, 1.54) is 0 Å². The third-order valence-corrected chi connectivity index (χ3v) is 7.50. The van der Waals surface area contributed by atoms with E-state index in [0.717, 1.165) is 43.0 Å². The highest BCUT2D eigenvalue weighted by Gasteiger charge is 2.19. The number of carbonyl (C=O) groups excluding carboxylic acids is 2. The highest BCUT2D eigenvalue weighted by Crippen LogP contribution is 2.28. The molecule has 0 unspecified atom stereocenters. The molecule has 0 spiro atoms. The van der Waals surface area contributed by atoms with Gasteiger partial charge in [0.25, 0.3) is 11.8 Å². The van der Waals surface area contributed by atoms with Crippen LogP contribution in [-0.4, -0.2) is 78.0 Å². The summed E-state index contributed by atoms with van der Waals surface area (Å²) in [6.45, 7) is 17.9. The van der Waals surface area contributed by atoms with Crippen LogP contribution in [-0.2, 0) is 5.41 Å². The van der Waals surface area contributed by atoms with Gasteiger partial charge in [-0.05, 0) is 61.7 Å². The van der Waals surface area contributed by atoms with Gasteiger partial charge in [-0.2, -0.15) is 9.78 Å². The maximum Gasteiger partial charge on any atom is 0.271 e. The fourth-order valence-corrected chi connectivity index (χ4v) is 4.78. The summed E-state index contributed by atoms with van der Waals surface area (Å²) in [6, 6.07) is 15.0. The lowest BCUT2D eigenvalue weighted by Gasteiger charge is -2.33. The van der Waals surface area contributed by atoms with Gasteiger partial charge in [-0.3, -0.25) is 9.59 Å². The second kappa shape index (κ2) is 14.4. The summed E-state index contributed by atoms with van der Waals surface area (Å²) in [7, 11) is 3.66. The molecule has 238 valence electrons. The molecule has 11 heteroatoms. The second-order valence-corrected chi connectivity index (χ2v) is 12.2. The second-order valence-electron chi connectivity index (χ2n) is 12.2. The number of benzene rings is 2. The predicted octanol–water partition coefficient (Wildman–Crippen LogP) is 5.00. The number of anilines is 3. The summed E-state index contributed by atoms with van der Waals surface area (Å²) in [5, 5.41) is 15.8. The van der Waals surface area contributed by atoms with Crippen molar-refractivity contribution >= 4 is 41.0 Å². The Morgan fingerprint density at radius 2 is 1.76 bits per heavy atom. The quantitative estimate of drug-likeness (QED) is 0.188. The molecular weight excluding hydrogens is 566 g/mol. The lowest BCUT2D eigenvalue weighted by atomic mass is 9.86. The van der Waals surface area contributed by atoms with Crippen LogP contribution in [0.1, 0.15) is 59.7 Å². The number of allylic oxidation sites excluding steroid dienone is 1. The predicted molar refractivity (Wildman–Crippen MR) is 183 cm³/mol. The summed E-state index contributed by atoms with van der Waals surface area (Å²) in [4.78, 5) is 32.7. The van der Waals surface area contributed by atoms with Crippen LogP contribution in [0, 0.1) is 6.92 Å². The molecule has 4 rings (SSSR count). The van der Waals surface area contributed by atoms with Crippen molar-refractivity contribution in [3.63, 3.8) is 0 Å². The fraction of sp³-hybridized carbons (Fsp3) is 0.353. The smallest absolute Gasteiger partial charge is 0.271 e. The Morgan fingerprint density at radius 3 is 2.42 bits per heavy atom. The van der Waals surface area contributed by atoms with Crippen molar-refractivity contribution in [2.45, 2.75) is 40.0 Å². The third kappa shape index (κ3) is 8.68. The van der Waals surface area contributed by atoms with Gasteiger partial charge in [-0.25, -0.2) is 10.0 Å². The number of nitrogens with one attached hydrogen (secondary N) is 4. The minimum atomic E-state index is -0.332. The van der Waals surface area contributed by atoms with E-state index in [4.69, 9.17) is 0 Å². The zero-order valence-corrected chi connectivity index (χ0v) is 27.4. The zero-order chi connectivity index (χ0) is 32.7. The van der Waals surface area contributed by atoms with Crippen LogP contribution in [0.4, 0.5) is 17.2 Å². The first-order valence-corrected chi connectivity index (χ1v) is 15.1. The Kier molecular flexibility index (Phi) is 10.6. The lowest BCUT2D eigenvalue weighted by Crippen LogP contribution is -2.50. The van der Waals surface area contributed by atoms with Gasteiger partial charge < -0.3 is 26.3 Å². The number of aliphatic imine (C=N–C) groups is 1. The fourth-order valence-electron chi connectivity index (χ4n) is 4.78. The van der Waals surface area contributed by atoms with Crippen LogP contribution < -0.4 is 21.4 Å². The topological polar surface area (TPSA) is 119 Å². The van der Waals surface area contributed by atoms with E-state index in [1.54, 1.807) is 30.1 Å². The van der Waals surface area contributed by atoms with E-state index >= 15 is 0 Å². The number of hydrogen-bond donors (Lipinski definition) is 4. The van der Waals surface area contributed by atoms with Gasteiger partial charge in [0.1, 0.15) is 5.82 Å². The van der Waals surface area contributed by atoms with Gasteiger partial charge >= 0.3 is 0 Å². The lowest BCUT2D eigenvalue weighted by molar-refractivity contribution is 0.0957. The van der Waals surface area contributed by atoms with E-state index in [0.29, 0.717) is 28.6 Å². The molecule has 0 bridgehead atoms. The van der Waals surface area contributed by atoms with Crippen LogP contribution >= 0.6 is 0 Å². The van der Waals surface area contributed by atoms with Gasteiger partial charge in [-0.15, -0.1) is 0 Å². The minimum absolute atomic E-state index is 0.0736. The molecule has 0 radical (unpaired) electrons. The molecule has 2 heterocycles. The molecule has 1 aromatic heterocycles. The largest absolute Gasteiger partial charge is 0.354 e. The highest BCUT2D eigenvalue weighted by atomic mass is 16.2. The number of likely N-dealkylation sites (N-methyl/N-ethyl adjacent to an activating group) is 1. The molecule has 2 aromatic carbocycles. The zero-order valence-electron chi connectivity index (χ0n) is 27.4. The Labute approximate surface area is 266 Å². The molecule has 2 amide bonds. The number of carbonyl (C=O) groups is 2. The number of hydrogen-bond acceptors (Lipinski definition) is 8. The van der Waals surface area contributed by atoms with Crippen molar-refractivity contribution in [2.24, 2.45) is 4.99 Å². The van der Waals surface area contributed by atoms with Crippen molar-refractivity contribution in [2.75, 3.05) is 50.9 Å². The molecule has 1 saturated heterocycles. The Balaban J connectivity index is 1.62. The SMILES string of the molecule is C=C(/C=C(\N=C/C)n1nc(C(=O)NC)cc1Nc1cc(NC(=O)c2cccc(C(C)(C)C)c2)ccc1C)NN1CCN(C)CC1. The summed E-state index contributed by atoms with van der Waals surface area (Å²) in [5.74, 6) is 0.447. The van der Waals surface area contributed by atoms with Gasteiger partial charge in [0, 0.05) is 74.2 Å². The Morgan fingerprint density at radius 1 is 1.02 bits per heavy atom. The van der Waals surface area contributed by atoms with Crippen molar-refractivity contribution in [1.82, 2.24) is 30.4 Å². The number of aromatic nitrogens is 2. The molecule has 0 aliphatic carbocycles. The van der Waals surface area contributed by atoms with E-state index in [-0.39, 0.29) is 22.9 Å². The molecule has 1 aliphatic rings. The first kappa shape index (κ1) is 33.2. The van der Waals surface area contributed by atoms with E-state index in [1.807, 2.05) is 56.3 Å². The van der Waals surface area contributed by atoms with E-state index in [2.05, 4.69) is 75.8 Å². The number of hydrazine groups is 1. The Hall–Kier alpha value is -4.74. The molecule has 1 aliphatic heterocycles. The average Bonchev–Trinajstić information content (AvgIpc) is 3.42. The normalized spacial score (nSPS) is 14.8. The summed E-state index contributed by atoms with van der Waals surface area (Å²) < 4.78 is 1.57. The average molecular weight is 612 g/mol. The molecule has 1 fully saturated rings. The molecular formula is C34H45N9O2. The van der Waals surface area contributed by atoms with E-state index < -0.39 is 0 Å². The van der Waals surface area contributed by atoms with Crippen molar-refractivity contribution in [1.29, 1.82) is 0 Å². The minimum Gasteiger partial charge on any atom is -0.354 e. The first-order valence-electron chi connectivity index (χ1n) is 15.1. The summed E-state index contributed by atoms with van der Waals surface area (Å²) in [6.07, 6.45) is 3.45. The Bertz CT molecular complexity index is 1610. The van der Waals surface area contributed by atoms with Crippen molar-refractivity contribution in [3.05, 3.63) is 89.3 Å². The molecule has 45 heavy (non-hydrogen) atoms. The monoisotopic (exact) mass is 611 g/mol. The number of nitrogens with zero attached hydrogens (tertiary/aromatic N) is 5. The number of rotatable bonds is 10. The molecule has 4 N–H and O–H groups in total. The third-order valence-electron chi connectivity index (χ3n) is 7.50. The molecule has 11 nitrogen and oxygen atoms in total. The molecule has 3 aromatic rings. The van der Waals surface area contributed by atoms with Crippen molar-refractivity contribution < 1.29 is 9.59 Å². The maximum atomic E-state index is 13.2. The summed E-state index contributed by atoms with van der Waals surface area (Å²) in [5.41, 5.74) is 8.09.